The van der Waals surface area contributed by atoms with Gasteiger partial charge in [0.2, 0.25) is 0 Å². The van der Waals surface area contributed by atoms with Crippen LogP contribution in [0.25, 0.3) is 0 Å². The second-order valence-corrected chi connectivity index (χ2v) is 3.46. The molecule has 0 amide bonds. The van der Waals surface area contributed by atoms with Crippen LogP contribution in [0.4, 0.5) is 0 Å². The largest absolute Gasteiger partial charge is 0.478 e. The minimum atomic E-state index is -1.16. The Balaban J connectivity index is 4.80. The first-order chi connectivity index (χ1) is 7.40. The maximum Gasteiger partial charge on any atom is 0.331 e. The number of aliphatic carboxylic acids is 2. The number of aliphatic hydroxyl groups excluding tert-OH is 1. The number of carbonyl (C=O) groups is 2. The minimum absolute atomic E-state index is 0.0611. The third-order valence-corrected chi connectivity index (χ3v) is 2.18. The lowest BCUT2D eigenvalue weighted by atomic mass is 9.93. The predicted molar refractivity (Wildman–Crippen MR) is 58.0 cm³/mol. The molecule has 0 fully saturated rings. The van der Waals surface area contributed by atoms with E-state index in [0.717, 1.165) is 0 Å². The first kappa shape index (κ1) is 14.4. The van der Waals surface area contributed by atoms with Crippen LogP contribution in [-0.4, -0.2) is 33.9 Å². The summed E-state index contributed by atoms with van der Waals surface area (Å²) in [6, 6.07) is 0. The normalized spacial score (nSPS) is 13.2. The second-order valence-electron chi connectivity index (χ2n) is 3.46. The molecule has 0 bridgehead atoms. The van der Waals surface area contributed by atoms with Crippen molar-refractivity contribution in [1.29, 1.82) is 0 Å². The van der Waals surface area contributed by atoms with Gasteiger partial charge in [-0.2, -0.15) is 0 Å². The van der Waals surface area contributed by atoms with Crippen LogP contribution in [0.5, 0.6) is 0 Å². The van der Waals surface area contributed by atoms with Crippen molar-refractivity contribution in [2.45, 2.75) is 19.8 Å². The van der Waals surface area contributed by atoms with Crippen molar-refractivity contribution in [3.63, 3.8) is 0 Å². The molecule has 0 aromatic carbocycles. The highest BCUT2D eigenvalue weighted by molar-refractivity contribution is 5.89. The molecule has 16 heavy (non-hydrogen) atoms. The van der Waals surface area contributed by atoms with Crippen molar-refractivity contribution in [2.24, 2.45) is 5.92 Å². The summed E-state index contributed by atoms with van der Waals surface area (Å²) in [7, 11) is 0. The van der Waals surface area contributed by atoms with E-state index in [1.54, 1.807) is 0 Å². The fourth-order valence-corrected chi connectivity index (χ4v) is 1.20. The number of carboxylic acids is 2. The number of allylic oxidation sites excluding steroid dienone is 1. The minimum Gasteiger partial charge on any atom is -0.478 e. The summed E-state index contributed by atoms with van der Waals surface area (Å²) in [5.74, 6) is -2.80. The molecule has 0 aliphatic rings. The highest BCUT2D eigenvalue weighted by Crippen LogP contribution is 2.19. The Kier molecular flexibility index (Phi) is 6.10. The van der Waals surface area contributed by atoms with E-state index in [-0.39, 0.29) is 17.8 Å². The number of rotatable bonds is 7. The second kappa shape index (κ2) is 6.79. The highest BCUT2D eigenvalue weighted by atomic mass is 16.4. The molecular weight excluding hydrogens is 212 g/mol. The predicted octanol–water partition coefficient (Wildman–Crippen LogP) is 1.05. The zero-order chi connectivity index (χ0) is 12.7. The Morgan fingerprint density at radius 1 is 1.31 bits per heavy atom. The molecular formula is C11H16O5. The molecule has 90 valence electrons. The van der Waals surface area contributed by atoms with Gasteiger partial charge in [0.05, 0.1) is 0 Å². The van der Waals surface area contributed by atoms with Gasteiger partial charge >= 0.3 is 11.9 Å². The van der Waals surface area contributed by atoms with Gasteiger partial charge in [-0.05, 0) is 19.8 Å². The van der Waals surface area contributed by atoms with Crippen molar-refractivity contribution in [1.82, 2.24) is 0 Å². The van der Waals surface area contributed by atoms with Crippen molar-refractivity contribution in [3.05, 3.63) is 23.8 Å². The first-order valence-corrected chi connectivity index (χ1v) is 4.84. The molecule has 1 atom stereocenters. The number of carboxylic acid groups (broad SMARTS) is 2. The molecule has 0 radical (unpaired) electrons. The van der Waals surface area contributed by atoms with Gasteiger partial charge in [0.1, 0.15) is 0 Å². The van der Waals surface area contributed by atoms with E-state index in [9.17, 15) is 9.59 Å². The van der Waals surface area contributed by atoms with Gasteiger partial charge in [-0.25, -0.2) is 9.59 Å². The maximum absolute atomic E-state index is 10.7. The number of hydrogen-bond acceptors (Lipinski definition) is 3. The summed E-state index contributed by atoms with van der Waals surface area (Å²) in [5.41, 5.74) is 0.0133. The Hall–Kier alpha value is -1.62. The molecule has 0 spiro atoms. The Morgan fingerprint density at radius 2 is 1.88 bits per heavy atom. The summed E-state index contributed by atoms with van der Waals surface area (Å²) < 4.78 is 0. The van der Waals surface area contributed by atoms with E-state index >= 15 is 0 Å². The third-order valence-electron chi connectivity index (χ3n) is 2.18. The van der Waals surface area contributed by atoms with Crippen molar-refractivity contribution in [2.75, 3.05) is 6.61 Å². The highest BCUT2D eigenvalue weighted by Gasteiger charge is 2.17. The molecule has 0 aromatic heterocycles. The Labute approximate surface area is 93.7 Å². The lowest BCUT2D eigenvalue weighted by Crippen LogP contribution is -2.12. The van der Waals surface area contributed by atoms with Gasteiger partial charge in [-0.3, -0.25) is 0 Å². The quantitative estimate of drug-likeness (QED) is 0.566. The Morgan fingerprint density at radius 3 is 2.25 bits per heavy atom. The van der Waals surface area contributed by atoms with Gasteiger partial charge in [0, 0.05) is 23.7 Å². The van der Waals surface area contributed by atoms with Crippen LogP contribution in [0.3, 0.4) is 0 Å². The molecule has 0 aliphatic carbocycles. The van der Waals surface area contributed by atoms with Crippen molar-refractivity contribution in [3.8, 4) is 0 Å². The zero-order valence-corrected chi connectivity index (χ0v) is 9.14. The van der Waals surface area contributed by atoms with Crippen molar-refractivity contribution >= 4 is 11.9 Å². The zero-order valence-electron chi connectivity index (χ0n) is 9.14. The fourth-order valence-electron chi connectivity index (χ4n) is 1.20. The van der Waals surface area contributed by atoms with Crippen LogP contribution in [0.1, 0.15) is 19.8 Å². The van der Waals surface area contributed by atoms with Gasteiger partial charge in [0.25, 0.3) is 0 Å². The molecule has 1 unspecified atom stereocenters. The molecule has 0 saturated carbocycles. The van der Waals surface area contributed by atoms with Crippen LogP contribution in [0, 0.1) is 5.92 Å². The molecule has 3 N–H and O–H groups in total. The fraction of sp³-hybridized carbons (Fsp3) is 0.455. The average Bonchev–Trinajstić information content (AvgIpc) is 2.22. The molecule has 0 heterocycles. The standard InChI is InChI=1S/C11H16O5/c1-7(10(13)14)6-9(4-3-5-12)8(2)11(15)16/h6,9,12H,2-5H2,1H3,(H,13,14)(H,15,16). The molecule has 0 aromatic rings. The summed E-state index contributed by atoms with van der Waals surface area (Å²) in [6.45, 7) is 4.73. The van der Waals surface area contributed by atoms with Gasteiger partial charge < -0.3 is 15.3 Å². The van der Waals surface area contributed by atoms with Crippen molar-refractivity contribution < 1.29 is 24.9 Å². The molecule has 5 heteroatoms. The lowest BCUT2D eigenvalue weighted by molar-refractivity contribution is -0.134. The molecule has 5 nitrogen and oxygen atoms in total. The lowest BCUT2D eigenvalue weighted by Gasteiger charge is -2.12. The SMILES string of the molecule is C=C(C(=O)O)C(C=C(C)C(=O)O)CCCO. The van der Waals surface area contributed by atoms with Crippen LogP contribution in [-0.2, 0) is 9.59 Å². The molecule has 0 rings (SSSR count). The van der Waals surface area contributed by atoms with Crippen LogP contribution in [0.2, 0.25) is 0 Å². The van der Waals surface area contributed by atoms with E-state index in [0.29, 0.717) is 12.8 Å². The smallest absolute Gasteiger partial charge is 0.331 e. The van der Waals surface area contributed by atoms with E-state index in [1.807, 2.05) is 0 Å². The van der Waals surface area contributed by atoms with Gasteiger partial charge in [-0.1, -0.05) is 12.7 Å². The van der Waals surface area contributed by atoms with Gasteiger partial charge in [0.15, 0.2) is 0 Å². The van der Waals surface area contributed by atoms with Gasteiger partial charge in [-0.15, -0.1) is 0 Å². The van der Waals surface area contributed by atoms with E-state index in [4.69, 9.17) is 15.3 Å². The van der Waals surface area contributed by atoms with E-state index < -0.39 is 17.9 Å². The number of hydrogen-bond donors (Lipinski definition) is 3. The molecule has 0 aliphatic heterocycles. The average molecular weight is 228 g/mol. The molecule has 0 saturated heterocycles. The van der Waals surface area contributed by atoms with E-state index in [2.05, 4.69) is 6.58 Å². The topological polar surface area (TPSA) is 94.8 Å². The summed E-state index contributed by atoms with van der Waals surface area (Å²) in [4.78, 5) is 21.3. The van der Waals surface area contributed by atoms with Crippen LogP contribution in [0.15, 0.2) is 23.8 Å². The summed E-state index contributed by atoms with van der Waals surface area (Å²) in [5, 5.41) is 26.1. The Bertz CT molecular complexity index is 316. The monoisotopic (exact) mass is 228 g/mol. The maximum atomic E-state index is 10.7. The summed E-state index contributed by atoms with van der Waals surface area (Å²) in [6.07, 6.45) is 2.13. The number of aliphatic hydroxyl groups is 1. The first-order valence-electron chi connectivity index (χ1n) is 4.84. The van der Waals surface area contributed by atoms with E-state index in [1.165, 1.54) is 13.0 Å². The van der Waals surface area contributed by atoms with Crippen LogP contribution >= 0.6 is 0 Å². The summed E-state index contributed by atoms with van der Waals surface area (Å²) >= 11 is 0. The third kappa shape index (κ3) is 4.75. The van der Waals surface area contributed by atoms with Crippen LogP contribution < -0.4 is 0 Å².